The first-order chi connectivity index (χ1) is 19.7. The zero-order valence-corrected chi connectivity index (χ0v) is 22.7. The van der Waals surface area contributed by atoms with E-state index in [0.717, 1.165) is 4.90 Å². The van der Waals surface area contributed by atoms with Crippen molar-refractivity contribution in [3.8, 4) is 0 Å². The summed E-state index contributed by atoms with van der Waals surface area (Å²) in [6.45, 7) is -3.63. The smallest absolute Gasteiger partial charge is 0.317 e. The van der Waals surface area contributed by atoms with Crippen molar-refractivity contribution in [1.29, 1.82) is 0 Å². The Balaban J connectivity index is 2.63. The van der Waals surface area contributed by atoms with Gasteiger partial charge in [-0.1, -0.05) is 24.3 Å². The van der Waals surface area contributed by atoms with Gasteiger partial charge in [-0.3, -0.25) is 38.7 Å². The van der Waals surface area contributed by atoms with Crippen molar-refractivity contribution in [3.05, 3.63) is 59.7 Å². The van der Waals surface area contributed by atoms with Gasteiger partial charge in [0, 0.05) is 43.0 Å². The maximum absolute atomic E-state index is 11.9. The molecule has 9 N–H and O–H groups in total. The number of nitrogen functional groups attached to an aromatic ring is 2. The summed E-state index contributed by atoms with van der Waals surface area (Å²) in [7, 11) is 0. The summed E-state index contributed by atoms with van der Waals surface area (Å²) in [6, 6.07) is 12.4. The molecular weight excluding hydrogens is 554 g/mol. The van der Waals surface area contributed by atoms with Crippen molar-refractivity contribution in [1.82, 2.24) is 14.7 Å². The minimum Gasteiger partial charge on any atom is -0.480 e. The maximum Gasteiger partial charge on any atom is 0.317 e. The molecule has 0 bridgehead atoms. The Hall–Kier alpha value is -4.73. The molecule has 0 aliphatic carbocycles. The Bertz CT molecular complexity index is 1160. The van der Waals surface area contributed by atoms with E-state index in [4.69, 9.17) is 11.5 Å². The molecule has 0 aromatic heterocycles. The first-order valence-corrected chi connectivity index (χ1v) is 12.7. The Labute approximate surface area is 241 Å². The van der Waals surface area contributed by atoms with E-state index >= 15 is 0 Å². The zero-order valence-electron chi connectivity index (χ0n) is 22.7. The van der Waals surface area contributed by atoms with Crippen molar-refractivity contribution in [2.75, 3.05) is 63.8 Å². The summed E-state index contributed by atoms with van der Waals surface area (Å²) in [5, 5.41) is 47.3. The van der Waals surface area contributed by atoms with E-state index < -0.39 is 74.5 Å². The number of nitrogens with zero attached hydrogens (tertiary/aromatic N) is 3. The van der Waals surface area contributed by atoms with Crippen LogP contribution in [0.2, 0.25) is 0 Å². The van der Waals surface area contributed by atoms with Crippen LogP contribution in [-0.4, -0.2) is 128 Å². The van der Waals surface area contributed by atoms with Crippen molar-refractivity contribution in [2.45, 2.75) is 12.0 Å². The molecule has 0 aliphatic heterocycles. The van der Waals surface area contributed by atoms with Gasteiger partial charge in [-0.05, 0) is 35.4 Å². The predicted octanol–water partition coefficient (Wildman–Crippen LogP) is -0.319. The third-order valence-electron chi connectivity index (χ3n) is 6.38. The van der Waals surface area contributed by atoms with Gasteiger partial charge in [0.2, 0.25) is 0 Å². The van der Waals surface area contributed by atoms with Crippen LogP contribution < -0.4 is 11.5 Å². The van der Waals surface area contributed by atoms with Crippen LogP contribution in [-0.2, 0) is 24.0 Å². The highest BCUT2D eigenvalue weighted by molar-refractivity contribution is 5.73. The van der Waals surface area contributed by atoms with Crippen LogP contribution in [0.5, 0.6) is 0 Å². The summed E-state index contributed by atoms with van der Waals surface area (Å²) in [5.41, 5.74) is 13.9. The second-order valence-electron chi connectivity index (χ2n) is 9.70. The first-order valence-electron chi connectivity index (χ1n) is 12.7. The van der Waals surface area contributed by atoms with Gasteiger partial charge in [0.1, 0.15) is 0 Å². The van der Waals surface area contributed by atoms with E-state index in [-0.39, 0.29) is 19.6 Å². The van der Waals surface area contributed by atoms with Crippen LogP contribution in [0.1, 0.15) is 17.0 Å². The van der Waals surface area contributed by atoms with Crippen LogP contribution >= 0.6 is 0 Å². The topological polar surface area (TPSA) is 248 Å². The van der Waals surface area contributed by atoms with Gasteiger partial charge in [-0.2, -0.15) is 0 Å². The fourth-order valence-corrected chi connectivity index (χ4v) is 4.68. The molecule has 0 amide bonds. The van der Waals surface area contributed by atoms with Gasteiger partial charge in [0.05, 0.1) is 32.7 Å². The minimum absolute atomic E-state index is 0.118. The molecular formula is C27H35N5O10. The lowest BCUT2D eigenvalue weighted by Crippen LogP contribution is -2.53. The summed E-state index contributed by atoms with van der Waals surface area (Å²) in [5.74, 6) is -7.13. The number of hydrogen-bond acceptors (Lipinski definition) is 10. The molecule has 1 atom stereocenters. The molecule has 2 aromatic carbocycles. The van der Waals surface area contributed by atoms with Crippen LogP contribution in [0.4, 0.5) is 11.4 Å². The Morgan fingerprint density at radius 3 is 1.24 bits per heavy atom. The lowest BCUT2D eigenvalue weighted by atomic mass is 9.83. The second-order valence-corrected chi connectivity index (χ2v) is 9.70. The molecule has 0 aliphatic rings. The third-order valence-corrected chi connectivity index (χ3v) is 6.38. The Morgan fingerprint density at radius 2 is 0.881 bits per heavy atom. The molecule has 0 radical (unpaired) electrons. The molecule has 15 heteroatoms. The van der Waals surface area contributed by atoms with Gasteiger partial charge in [-0.25, -0.2) is 0 Å². The average Bonchev–Trinajstić information content (AvgIpc) is 2.86. The number of carboxylic acid groups (broad SMARTS) is 5. The van der Waals surface area contributed by atoms with E-state index in [1.54, 1.807) is 48.5 Å². The SMILES string of the molecule is Nc1ccc(C(c2ccc(N)cc2)C(CN(CCN(CC(=O)O)CC(=O)O)CC(=O)O)N(CC(=O)O)CC(=O)O)cc1. The summed E-state index contributed by atoms with van der Waals surface area (Å²) < 4.78 is 0. The van der Waals surface area contributed by atoms with E-state index in [0.29, 0.717) is 22.5 Å². The number of nitrogens with two attached hydrogens (primary N) is 2. The van der Waals surface area contributed by atoms with Crippen molar-refractivity contribution in [2.24, 2.45) is 0 Å². The molecule has 42 heavy (non-hydrogen) atoms. The second kappa shape index (κ2) is 15.9. The molecule has 0 heterocycles. The molecule has 0 fully saturated rings. The van der Waals surface area contributed by atoms with Crippen LogP contribution in [0.15, 0.2) is 48.5 Å². The number of aliphatic carboxylic acids is 5. The first kappa shape index (κ1) is 33.5. The zero-order chi connectivity index (χ0) is 31.4. The number of carboxylic acids is 5. The average molecular weight is 590 g/mol. The van der Waals surface area contributed by atoms with Gasteiger partial charge < -0.3 is 37.0 Å². The van der Waals surface area contributed by atoms with Crippen LogP contribution in [0.25, 0.3) is 0 Å². The molecule has 2 rings (SSSR count). The van der Waals surface area contributed by atoms with Gasteiger partial charge in [-0.15, -0.1) is 0 Å². The lowest BCUT2D eigenvalue weighted by molar-refractivity contribution is -0.144. The van der Waals surface area contributed by atoms with Crippen LogP contribution in [0, 0.1) is 0 Å². The lowest BCUT2D eigenvalue weighted by Gasteiger charge is -2.39. The van der Waals surface area contributed by atoms with E-state index in [9.17, 15) is 49.5 Å². The van der Waals surface area contributed by atoms with E-state index in [1.807, 2.05) is 0 Å². The highest BCUT2D eigenvalue weighted by Crippen LogP contribution is 2.33. The molecule has 228 valence electrons. The quantitative estimate of drug-likeness (QED) is 0.104. The van der Waals surface area contributed by atoms with E-state index in [1.165, 1.54) is 9.80 Å². The number of benzene rings is 2. The van der Waals surface area contributed by atoms with Crippen molar-refractivity contribution >= 4 is 41.2 Å². The molecule has 0 spiro atoms. The molecule has 15 nitrogen and oxygen atoms in total. The normalized spacial score (nSPS) is 12.1. The molecule has 2 aromatic rings. The van der Waals surface area contributed by atoms with Gasteiger partial charge in [0.25, 0.3) is 0 Å². The highest BCUT2D eigenvalue weighted by Gasteiger charge is 2.34. The number of carbonyl (C=O) groups is 5. The highest BCUT2D eigenvalue weighted by atomic mass is 16.4. The molecule has 0 saturated heterocycles. The fraction of sp³-hybridized carbons (Fsp3) is 0.370. The summed E-state index contributed by atoms with van der Waals surface area (Å²) >= 11 is 0. The Morgan fingerprint density at radius 1 is 0.548 bits per heavy atom. The molecule has 1 unspecified atom stereocenters. The third kappa shape index (κ3) is 11.4. The summed E-state index contributed by atoms with van der Waals surface area (Å²) in [4.78, 5) is 61.8. The maximum atomic E-state index is 11.9. The fourth-order valence-electron chi connectivity index (χ4n) is 4.68. The van der Waals surface area contributed by atoms with Crippen LogP contribution in [0.3, 0.4) is 0 Å². The number of hydrogen-bond donors (Lipinski definition) is 7. The van der Waals surface area contributed by atoms with E-state index in [2.05, 4.69) is 0 Å². The van der Waals surface area contributed by atoms with Crippen molar-refractivity contribution < 1.29 is 49.5 Å². The summed E-state index contributed by atoms with van der Waals surface area (Å²) in [6.07, 6.45) is 0. The monoisotopic (exact) mass is 589 g/mol. The molecule has 0 saturated carbocycles. The predicted molar refractivity (Wildman–Crippen MR) is 150 cm³/mol. The van der Waals surface area contributed by atoms with Gasteiger partial charge >= 0.3 is 29.8 Å². The largest absolute Gasteiger partial charge is 0.480 e. The van der Waals surface area contributed by atoms with Crippen molar-refractivity contribution in [3.63, 3.8) is 0 Å². The number of rotatable bonds is 19. The van der Waals surface area contributed by atoms with Gasteiger partial charge in [0.15, 0.2) is 0 Å². The standard InChI is InChI=1S/C27H35N5O10/c28-19-5-1-17(2-6-19)27(18-3-7-20(29)8-4-18)21(32(15-25(39)40)16-26(41)42)11-30(12-22(33)34)9-10-31(13-23(35)36)14-24(37)38/h1-8,21,27H,9-16,28-29H2,(H,33,34)(H,35,36)(H,37,38)(H,39,40)(H,41,42). The minimum atomic E-state index is -1.31. The number of anilines is 2. The Kier molecular flexibility index (Phi) is 12.7.